The summed E-state index contributed by atoms with van der Waals surface area (Å²) >= 11 is 0. The fourth-order valence-corrected chi connectivity index (χ4v) is 3.18. The maximum absolute atomic E-state index is 13.0. The second-order valence-electron chi connectivity index (χ2n) is 9.32. The van der Waals surface area contributed by atoms with E-state index in [2.05, 4.69) is 16.0 Å². The fraction of sp³-hybridized carbons (Fsp3) is 0.727. The summed E-state index contributed by atoms with van der Waals surface area (Å²) in [4.78, 5) is 71.7. The van der Waals surface area contributed by atoms with Gasteiger partial charge in [-0.2, -0.15) is 0 Å². The minimum Gasteiger partial charge on any atom is -0.481 e. The normalized spacial score (nSPS) is 14.5. The number of hydrogen-bond donors (Lipinski definition) is 7. The monoisotopic (exact) mass is 501 g/mol. The molecule has 0 aromatic carbocycles. The van der Waals surface area contributed by atoms with Gasteiger partial charge in [-0.3, -0.25) is 24.0 Å². The van der Waals surface area contributed by atoms with Crippen LogP contribution < -0.4 is 27.4 Å². The minimum absolute atomic E-state index is 0.0206. The van der Waals surface area contributed by atoms with Crippen molar-refractivity contribution in [1.29, 1.82) is 0 Å². The number of amides is 4. The molecule has 4 amide bonds. The first-order valence-corrected chi connectivity index (χ1v) is 11.5. The van der Waals surface area contributed by atoms with E-state index in [0.717, 1.165) is 0 Å². The summed E-state index contributed by atoms with van der Waals surface area (Å²) in [6.07, 6.45) is -0.573. The Morgan fingerprint density at radius 3 is 1.60 bits per heavy atom. The Morgan fingerprint density at radius 1 is 0.686 bits per heavy atom. The third-order valence-corrected chi connectivity index (χ3v) is 4.98. The van der Waals surface area contributed by atoms with Crippen molar-refractivity contribution in [2.24, 2.45) is 23.3 Å². The van der Waals surface area contributed by atoms with Gasteiger partial charge in [-0.1, -0.05) is 27.7 Å². The van der Waals surface area contributed by atoms with Gasteiger partial charge in [0.1, 0.15) is 18.1 Å². The van der Waals surface area contributed by atoms with E-state index in [1.54, 1.807) is 27.7 Å². The topological polar surface area (TPSA) is 231 Å². The highest BCUT2D eigenvalue weighted by Crippen LogP contribution is 2.10. The molecule has 0 aliphatic carbocycles. The molecule has 0 bridgehead atoms. The third-order valence-electron chi connectivity index (χ3n) is 4.98. The zero-order valence-corrected chi connectivity index (χ0v) is 20.7. The highest BCUT2D eigenvalue weighted by molar-refractivity contribution is 5.94. The van der Waals surface area contributed by atoms with Crippen LogP contribution in [0.4, 0.5) is 0 Å². The molecule has 0 aliphatic rings. The van der Waals surface area contributed by atoms with Crippen LogP contribution in [0.25, 0.3) is 0 Å². The maximum Gasteiger partial charge on any atom is 0.326 e. The van der Waals surface area contributed by atoms with E-state index in [1.165, 1.54) is 0 Å². The van der Waals surface area contributed by atoms with Crippen molar-refractivity contribution >= 4 is 35.6 Å². The fourth-order valence-electron chi connectivity index (χ4n) is 3.18. The smallest absolute Gasteiger partial charge is 0.326 e. The molecule has 0 aromatic heterocycles. The zero-order chi connectivity index (χ0) is 27.3. The van der Waals surface area contributed by atoms with Crippen LogP contribution in [0.5, 0.6) is 0 Å². The summed E-state index contributed by atoms with van der Waals surface area (Å²) in [7, 11) is 0. The standard InChI is InChI=1S/C22H39N5O8/c1-11(2)9-15(26-19(31)13(23)5-7-17(24)28)21(33)25-14(6-8-18(29)30)20(32)27-16(22(34)35)10-12(3)4/h11-16H,5-10,23H2,1-4H3,(H2,24,28)(H,25,33)(H,26,31)(H,27,32)(H,29,30)(H,34,35). The lowest BCUT2D eigenvalue weighted by Gasteiger charge is -2.26. The van der Waals surface area contributed by atoms with Gasteiger partial charge in [0.15, 0.2) is 0 Å². The Labute approximate surface area is 204 Å². The molecule has 0 fully saturated rings. The van der Waals surface area contributed by atoms with Crippen molar-refractivity contribution in [2.75, 3.05) is 0 Å². The van der Waals surface area contributed by atoms with Gasteiger partial charge in [0, 0.05) is 12.8 Å². The summed E-state index contributed by atoms with van der Waals surface area (Å²) < 4.78 is 0. The first-order valence-electron chi connectivity index (χ1n) is 11.5. The second-order valence-corrected chi connectivity index (χ2v) is 9.32. The number of hydrogen-bond acceptors (Lipinski definition) is 7. The van der Waals surface area contributed by atoms with E-state index in [-0.39, 0.29) is 43.9 Å². The largest absolute Gasteiger partial charge is 0.481 e. The molecule has 13 heteroatoms. The molecule has 0 heterocycles. The van der Waals surface area contributed by atoms with Crippen LogP contribution in [0.3, 0.4) is 0 Å². The van der Waals surface area contributed by atoms with Crippen LogP contribution >= 0.6 is 0 Å². The molecule has 9 N–H and O–H groups in total. The molecule has 0 rings (SSSR count). The number of primary amides is 1. The van der Waals surface area contributed by atoms with Gasteiger partial charge in [-0.05, 0) is 37.5 Å². The van der Waals surface area contributed by atoms with Crippen LogP contribution in [-0.2, 0) is 28.8 Å². The lowest BCUT2D eigenvalue weighted by Crippen LogP contribution is -2.57. The van der Waals surface area contributed by atoms with E-state index in [1.807, 2.05) is 0 Å². The SMILES string of the molecule is CC(C)CC(NC(=O)C(CCC(=O)O)NC(=O)C(CC(C)C)NC(=O)C(N)CCC(N)=O)C(=O)O. The number of carbonyl (C=O) groups is 6. The summed E-state index contributed by atoms with van der Waals surface area (Å²) in [6, 6.07) is -4.76. The summed E-state index contributed by atoms with van der Waals surface area (Å²) in [5.41, 5.74) is 10.8. The number of nitrogens with one attached hydrogen (secondary N) is 3. The Kier molecular flexibility index (Phi) is 14.2. The van der Waals surface area contributed by atoms with Gasteiger partial charge in [0.05, 0.1) is 6.04 Å². The molecule has 13 nitrogen and oxygen atoms in total. The van der Waals surface area contributed by atoms with E-state index < -0.39 is 66.2 Å². The molecule has 35 heavy (non-hydrogen) atoms. The Balaban J connectivity index is 5.56. The van der Waals surface area contributed by atoms with Gasteiger partial charge in [0.25, 0.3) is 0 Å². The number of carbonyl (C=O) groups excluding carboxylic acids is 4. The predicted octanol–water partition coefficient (Wildman–Crippen LogP) is -0.925. The lowest BCUT2D eigenvalue weighted by atomic mass is 10.0. The van der Waals surface area contributed by atoms with Crippen LogP contribution in [0.2, 0.25) is 0 Å². The van der Waals surface area contributed by atoms with Gasteiger partial charge in [-0.15, -0.1) is 0 Å². The molecule has 0 aromatic rings. The number of carboxylic acid groups (broad SMARTS) is 2. The minimum atomic E-state index is -1.34. The average molecular weight is 502 g/mol. The van der Waals surface area contributed by atoms with Crippen molar-refractivity contribution in [3.63, 3.8) is 0 Å². The van der Waals surface area contributed by atoms with E-state index in [9.17, 15) is 33.9 Å². The highest BCUT2D eigenvalue weighted by Gasteiger charge is 2.31. The van der Waals surface area contributed by atoms with Crippen LogP contribution in [0.1, 0.15) is 66.2 Å². The molecule has 0 saturated carbocycles. The molecule has 0 saturated heterocycles. The predicted molar refractivity (Wildman–Crippen MR) is 126 cm³/mol. The Bertz CT molecular complexity index is 771. The van der Waals surface area contributed by atoms with Crippen LogP contribution in [0, 0.1) is 11.8 Å². The van der Waals surface area contributed by atoms with Gasteiger partial charge >= 0.3 is 11.9 Å². The quantitative estimate of drug-likeness (QED) is 0.130. The maximum atomic E-state index is 13.0. The number of carboxylic acids is 2. The molecule has 0 radical (unpaired) electrons. The molecule has 200 valence electrons. The zero-order valence-electron chi connectivity index (χ0n) is 20.7. The van der Waals surface area contributed by atoms with E-state index in [0.29, 0.717) is 0 Å². The lowest BCUT2D eigenvalue weighted by molar-refractivity contribution is -0.143. The first-order chi connectivity index (χ1) is 16.1. The number of nitrogens with two attached hydrogens (primary N) is 2. The van der Waals surface area contributed by atoms with Crippen molar-refractivity contribution in [2.45, 2.75) is 90.4 Å². The Morgan fingerprint density at radius 2 is 1.14 bits per heavy atom. The van der Waals surface area contributed by atoms with Crippen molar-refractivity contribution in [3.05, 3.63) is 0 Å². The molecular formula is C22H39N5O8. The molecule has 0 aliphatic heterocycles. The third kappa shape index (κ3) is 13.9. The first kappa shape index (κ1) is 31.8. The average Bonchev–Trinajstić information content (AvgIpc) is 2.72. The van der Waals surface area contributed by atoms with Gasteiger partial charge in [-0.25, -0.2) is 4.79 Å². The number of rotatable bonds is 17. The van der Waals surface area contributed by atoms with Gasteiger partial charge < -0.3 is 37.6 Å². The van der Waals surface area contributed by atoms with Crippen molar-refractivity contribution in [3.8, 4) is 0 Å². The molecule has 4 atom stereocenters. The Hall–Kier alpha value is -3.22. The molecule has 4 unspecified atom stereocenters. The van der Waals surface area contributed by atoms with Crippen molar-refractivity contribution < 1.29 is 39.0 Å². The van der Waals surface area contributed by atoms with Crippen LogP contribution in [0.15, 0.2) is 0 Å². The summed E-state index contributed by atoms with van der Waals surface area (Å²) in [5, 5.41) is 25.7. The highest BCUT2D eigenvalue weighted by atomic mass is 16.4. The van der Waals surface area contributed by atoms with Gasteiger partial charge in [0.2, 0.25) is 23.6 Å². The number of aliphatic carboxylic acids is 2. The summed E-state index contributed by atoms with van der Waals surface area (Å²) in [5.74, 6) is -5.49. The van der Waals surface area contributed by atoms with E-state index in [4.69, 9.17) is 16.6 Å². The molecule has 0 spiro atoms. The molecular weight excluding hydrogens is 462 g/mol. The second kappa shape index (κ2) is 15.6. The van der Waals surface area contributed by atoms with Crippen LogP contribution in [-0.4, -0.2) is 69.9 Å². The van der Waals surface area contributed by atoms with Crippen molar-refractivity contribution in [1.82, 2.24) is 16.0 Å². The van der Waals surface area contributed by atoms with E-state index >= 15 is 0 Å². The summed E-state index contributed by atoms with van der Waals surface area (Å²) in [6.45, 7) is 7.16.